The van der Waals surface area contributed by atoms with Gasteiger partial charge in [0.2, 0.25) is 5.91 Å². The highest BCUT2D eigenvalue weighted by atomic mass is 32.1. The van der Waals surface area contributed by atoms with E-state index in [2.05, 4.69) is 14.8 Å². The SMILES string of the molecule is Cc1cc(COc2ccc(C(=O)N(OC(=O)C(F)(F)F)C(CC(=O)NO)c3nccs3)cc2)c2ccccc2n1. The molecule has 2 amide bonds. The van der Waals surface area contributed by atoms with E-state index in [0.29, 0.717) is 5.75 Å². The molecule has 0 aliphatic heterocycles. The average molecular weight is 575 g/mol. The lowest BCUT2D eigenvalue weighted by molar-refractivity contribution is -0.235. The summed E-state index contributed by atoms with van der Waals surface area (Å²) in [7, 11) is 0. The third kappa shape index (κ3) is 6.71. The number of aromatic nitrogens is 2. The van der Waals surface area contributed by atoms with Crippen molar-refractivity contribution in [1.82, 2.24) is 20.5 Å². The van der Waals surface area contributed by atoms with Crippen molar-refractivity contribution in [2.75, 3.05) is 0 Å². The van der Waals surface area contributed by atoms with E-state index >= 15 is 0 Å². The number of rotatable bonds is 8. The molecular formula is C26H21F3N4O6S. The van der Waals surface area contributed by atoms with Crippen LogP contribution in [0.5, 0.6) is 5.75 Å². The normalized spacial score (nSPS) is 12.0. The van der Waals surface area contributed by atoms with Crippen molar-refractivity contribution in [3.05, 3.63) is 88.0 Å². The van der Waals surface area contributed by atoms with Crippen LogP contribution < -0.4 is 10.2 Å². The second kappa shape index (κ2) is 12.1. The van der Waals surface area contributed by atoms with Gasteiger partial charge in [-0.05, 0) is 43.3 Å². The number of alkyl halides is 3. The number of para-hydroxylation sites is 1. The van der Waals surface area contributed by atoms with Crippen molar-refractivity contribution in [2.45, 2.75) is 32.2 Å². The number of amides is 2. The lowest BCUT2D eigenvalue weighted by Crippen LogP contribution is -2.42. The molecule has 208 valence electrons. The number of halogens is 3. The molecule has 4 aromatic rings. The Kier molecular flexibility index (Phi) is 8.60. The van der Waals surface area contributed by atoms with Gasteiger partial charge in [-0.25, -0.2) is 15.3 Å². The maximum atomic E-state index is 13.3. The van der Waals surface area contributed by atoms with E-state index < -0.39 is 36.4 Å². The number of fused-ring (bicyclic) bond motifs is 1. The Morgan fingerprint density at radius 2 is 1.85 bits per heavy atom. The van der Waals surface area contributed by atoms with Crippen molar-refractivity contribution >= 4 is 40.0 Å². The Morgan fingerprint density at radius 3 is 2.50 bits per heavy atom. The molecule has 2 heterocycles. The molecular weight excluding hydrogens is 553 g/mol. The number of hydroxylamine groups is 3. The summed E-state index contributed by atoms with van der Waals surface area (Å²) in [6.45, 7) is 2.03. The molecule has 10 nitrogen and oxygen atoms in total. The number of ether oxygens (including phenoxy) is 1. The summed E-state index contributed by atoms with van der Waals surface area (Å²) in [5.74, 6) is -4.54. The Bertz CT molecular complexity index is 1510. The highest BCUT2D eigenvalue weighted by Crippen LogP contribution is 2.31. The van der Waals surface area contributed by atoms with Crippen LogP contribution in [0.15, 0.2) is 66.2 Å². The van der Waals surface area contributed by atoms with Gasteiger partial charge in [0, 0.05) is 33.8 Å². The summed E-state index contributed by atoms with van der Waals surface area (Å²) in [5, 5.41) is 11.4. The van der Waals surface area contributed by atoms with Gasteiger partial charge in [0.05, 0.1) is 11.9 Å². The van der Waals surface area contributed by atoms with Crippen LogP contribution in [-0.2, 0) is 21.0 Å². The van der Waals surface area contributed by atoms with E-state index in [1.165, 1.54) is 41.3 Å². The van der Waals surface area contributed by atoms with Gasteiger partial charge in [-0.2, -0.15) is 18.2 Å². The molecule has 2 aromatic carbocycles. The first-order valence-corrected chi connectivity index (χ1v) is 12.5. The van der Waals surface area contributed by atoms with Crippen LogP contribution >= 0.6 is 11.3 Å². The van der Waals surface area contributed by atoms with Crippen molar-refractivity contribution in [3.63, 3.8) is 0 Å². The minimum Gasteiger partial charge on any atom is -0.489 e. The molecule has 40 heavy (non-hydrogen) atoms. The predicted octanol–water partition coefficient (Wildman–Crippen LogP) is 4.68. The standard InChI is InChI=1S/C26H21F3N4O6S/c1-15-12-17(19-4-2-3-5-20(19)31-15)14-38-18-8-6-16(7-9-18)24(35)33(39-25(36)26(27,28)29)21(13-22(34)32-37)23-30-10-11-40-23/h2-12,21,37H,13-14H2,1H3,(H,32,34). The number of pyridine rings is 1. The maximum absolute atomic E-state index is 13.3. The molecule has 0 spiro atoms. The first-order chi connectivity index (χ1) is 19.1. The Labute approximate surface area is 228 Å². The third-order valence-electron chi connectivity index (χ3n) is 5.56. The van der Waals surface area contributed by atoms with Gasteiger partial charge >= 0.3 is 12.1 Å². The number of hydrogen-bond acceptors (Lipinski definition) is 9. The lowest BCUT2D eigenvalue weighted by Gasteiger charge is -2.28. The topological polar surface area (TPSA) is 131 Å². The number of carbonyl (C=O) groups is 3. The molecule has 1 atom stereocenters. The van der Waals surface area contributed by atoms with Crippen molar-refractivity contribution in [3.8, 4) is 5.75 Å². The molecule has 2 N–H and O–H groups in total. The Balaban J connectivity index is 1.58. The molecule has 4 rings (SSSR count). The summed E-state index contributed by atoms with van der Waals surface area (Å²) < 4.78 is 45.0. The van der Waals surface area contributed by atoms with Gasteiger partial charge in [-0.1, -0.05) is 18.2 Å². The van der Waals surface area contributed by atoms with Crippen LogP contribution in [-0.4, -0.2) is 44.2 Å². The van der Waals surface area contributed by atoms with Gasteiger partial charge in [-0.15, -0.1) is 11.3 Å². The number of aryl methyl sites for hydroxylation is 1. The smallest absolute Gasteiger partial charge is 0.489 e. The highest BCUT2D eigenvalue weighted by molar-refractivity contribution is 7.09. The fraction of sp³-hybridized carbons (Fsp3) is 0.192. The largest absolute Gasteiger partial charge is 0.493 e. The summed E-state index contributed by atoms with van der Waals surface area (Å²) in [5.41, 5.74) is 3.66. The summed E-state index contributed by atoms with van der Waals surface area (Å²) in [4.78, 5) is 49.8. The number of nitrogens with zero attached hydrogens (tertiary/aromatic N) is 3. The average Bonchev–Trinajstić information content (AvgIpc) is 3.47. The van der Waals surface area contributed by atoms with Crippen molar-refractivity contribution in [1.29, 1.82) is 0 Å². The van der Waals surface area contributed by atoms with Gasteiger partial charge < -0.3 is 9.57 Å². The first kappa shape index (κ1) is 28.4. The minimum absolute atomic E-state index is 0.00764. The van der Waals surface area contributed by atoms with Crippen LogP contribution in [0.25, 0.3) is 10.9 Å². The molecule has 14 heteroatoms. The van der Waals surface area contributed by atoms with Gasteiger partial charge in [0.1, 0.15) is 23.4 Å². The number of benzene rings is 2. The van der Waals surface area contributed by atoms with E-state index in [-0.39, 0.29) is 22.2 Å². The van der Waals surface area contributed by atoms with E-state index in [9.17, 15) is 27.6 Å². The zero-order chi connectivity index (χ0) is 28.9. The van der Waals surface area contributed by atoms with Crippen LogP contribution in [0.2, 0.25) is 0 Å². The number of nitrogens with one attached hydrogen (secondary N) is 1. The van der Waals surface area contributed by atoms with E-state index in [1.54, 1.807) is 0 Å². The quantitative estimate of drug-likeness (QED) is 0.229. The lowest BCUT2D eigenvalue weighted by atomic mass is 10.1. The zero-order valence-electron chi connectivity index (χ0n) is 20.7. The summed E-state index contributed by atoms with van der Waals surface area (Å²) in [6.07, 6.45) is -4.89. The number of thiazole rings is 1. The van der Waals surface area contributed by atoms with Gasteiger partial charge in [-0.3, -0.25) is 19.8 Å². The maximum Gasteiger partial charge on any atom is 0.493 e. The summed E-state index contributed by atoms with van der Waals surface area (Å²) in [6, 6.07) is 13.3. The molecule has 2 aromatic heterocycles. The molecule has 0 aliphatic carbocycles. The van der Waals surface area contributed by atoms with E-state index in [1.807, 2.05) is 37.3 Å². The van der Waals surface area contributed by atoms with Crippen LogP contribution in [0.1, 0.15) is 39.1 Å². The highest BCUT2D eigenvalue weighted by Gasteiger charge is 2.45. The Morgan fingerprint density at radius 1 is 1.12 bits per heavy atom. The molecule has 0 bridgehead atoms. The van der Waals surface area contributed by atoms with Crippen molar-refractivity contribution in [2.24, 2.45) is 0 Å². The fourth-order valence-corrected chi connectivity index (χ4v) is 4.49. The van der Waals surface area contributed by atoms with Crippen LogP contribution in [0.4, 0.5) is 13.2 Å². The number of carbonyl (C=O) groups excluding carboxylic acids is 3. The Hall–Kier alpha value is -4.56. The number of hydrogen-bond donors (Lipinski definition) is 2. The van der Waals surface area contributed by atoms with Crippen LogP contribution in [0, 0.1) is 6.92 Å². The summed E-state index contributed by atoms with van der Waals surface area (Å²) >= 11 is 0.904. The van der Waals surface area contributed by atoms with Crippen molar-refractivity contribution < 1.29 is 42.3 Å². The zero-order valence-corrected chi connectivity index (χ0v) is 21.5. The van der Waals surface area contributed by atoms with E-state index in [0.717, 1.165) is 33.5 Å². The molecule has 0 saturated heterocycles. The van der Waals surface area contributed by atoms with Gasteiger partial charge in [0.25, 0.3) is 5.91 Å². The first-order valence-electron chi connectivity index (χ1n) is 11.6. The van der Waals surface area contributed by atoms with Gasteiger partial charge in [0.15, 0.2) is 0 Å². The van der Waals surface area contributed by atoms with Crippen LogP contribution in [0.3, 0.4) is 0 Å². The molecule has 0 saturated carbocycles. The monoisotopic (exact) mass is 574 g/mol. The molecule has 0 aliphatic rings. The molecule has 0 radical (unpaired) electrons. The second-order valence-electron chi connectivity index (χ2n) is 8.39. The minimum atomic E-state index is -5.43. The van der Waals surface area contributed by atoms with E-state index in [4.69, 9.17) is 9.94 Å². The second-order valence-corrected chi connectivity index (χ2v) is 9.31. The fourth-order valence-electron chi connectivity index (χ4n) is 3.77. The molecule has 0 fully saturated rings. The predicted molar refractivity (Wildman–Crippen MR) is 135 cm³/mol. The molecule has 1 unspecified atom stereocenters. The third-order valence-corrected chi connectivity index (χ3v) is 6.44.